The van der Waals surface area contributed by atoms with E-state index >= 15 is 0 Å². The van der Waals surface area contributed by atoms with Crippen LogP contribution in [0, 0.1) is 0 Å². The monoisotopic (exact) mass is 526 g/mol. The molecule has 4 rings (SSSR count). The lowest BCUT2D eigenvalue weighted by atomic mass is 10.1. The van der Waals surface area contributed by atoms with Crippen molar-refractivity contribution in [2.24, 2.45) is 0 Å². The van der Waals surface area contributed by atoms with Crippen molar-refractivity contribution in [2.45, 2.75) is 9.79 Å². The third kappa shape index (κ3) is 4.72. The largest absolute Gasteiger partial charge is 0.478 e. The van der Waals surface area contributed by atoms with Crippen LogP contribution < -0.4 is 9.44 Å². The summed E-state index contributed by atoms with van der Waals surface area (Å²) in [7, 11) is -8.68. The molecular formula is C24H18N2O8S2. The number of fused-ring (bicyclic) bond motifs is 1. The predicted molar refractivity (Wildman–Crippen MR) is 132 cm³/mol. The Kier molecular flexibility index (Phi) is 6.39. The first-order valence-electron chi connectivity index (χ1n) is 10.2. The molecule has 4 aromatic rings. The van der Waals surface area contributed by atoms with E-state index in [2.05, 4.69) is 9.44 Å². The summed E-state index contributed by atoms with van der Waals surface area (Å²) in [5, 5.41) is 18.8. The molecule has 0 heterocycles. The van der Waals surface area contributed by atoms with Gasteiger partial charge in [0.2, 0.25) is 0 Å². The van der Waals surface area contributed by atoms with Gasteiger partial charge in [0.15, 0.2) is 0 Å². The lowest BCUT2D eigenvalue weighted by Gasteiger charge is -2.15. The zero-order valence-corrected chi connectivity index (χ0v) is 19.9. The lowest BCUT2D eigenvalue weighted by Crippen LogP contribution is -2.17. The number of nitrogens with one attached hydrogen (secondary N) is 2. The minimum atomic E-state index is -4.34. The fraction of sp³-hybridized carbons (Fsp3) is 0. The minimum absolute atomic E-state index is 0.0622. The molecule has 0 radical (unpaired) electrons. The van der Waals surface area contributed by atoms with Gasteiger partial charge in [-0.2, -0.15) is 0 Å². The Morgan fingerprint density at radius 3 is 1.25 bits per heavy atom. The molecule has 12 heteroatoms. The first-order chi connectivity index (χ1) is 17.0. The average Bonchev–Trinajstić information content (AvgIpc) is 2.83. The number of carboxylic acids is 2. The zero-order valence-electron chi connectivity index (χ0n) is 18.2. The van der Waals surface area contributed by atoms with Crippen molar-refractivity contribution in [3.8, 4) is 0 Å². The molecule has 0 atom stereocenters. The van der Waals surface area contributed by atoms with Gasteiger partial charge in [-0.3, -0.25) is 9.44 Å². The summed E-state index contributed by atoms with van der Waals surface area (Å²) in [6.07, 6.45) is 0. The molecule has 0 aliphatic heterocycles. The molecule has 0 aliphatic carbocycles. The van der Waals surface area contributed by atoms with Gasteiger partial charge in [0.1, 0.15) is 0 Å². The van der Waals surface area contributed by atoms with E-state index in [1.165, 1.54) is 84.9 Å². The second kappa shape index (κ2) is 9.32. The van der Waals surface area contributed by atoms with Crippen molar-refractivity contribution in [3.63, 3.8) is 0 Å². The number of benzene rings is 4. The van der Waals surface area contributed by atoms with E-state index < -0.39 is 32.0 Å². The van der Waals surface area contributed by atoms with Crippen LogP contribution >= 0.6 is 0 Å². The highest BCUT2D eigenvalue weighted by Gasteiger charge is 2.25. The van der Waals surface area contributed by atoms with Gasteiger partial charge >= 0.3 is 11.9 Å². The van der Waals surface area contributed by atoms with Gasteiger partial charge in [0, 0.05) is 10.8 Å². The Labute approximate surface area is 205 Å². The zero-order chi connectivity index (χ0) is 26.1. The van der Waals surface area contributed by atoms with E-state index in [0.29, 0.717) is 0 Å². The number of para-hydroxylation sites is 2. The smallest absolute Gasteiger partial charge is 0.337 e. The summed E-state index contributed by atoms with van der Waals surface area (Å²) in [4.78, 5) is 22.4. The number of rotatable bonds is 8. The highest BCUT2D eigenvalue weighted by atomic mass is 32.2. The van der Waals surface area contributed by atoms with Crippen LogP contribution in [0.4, 0.5) is 11.4 Å². The Bertz CT molecular complexity index is 1600. The molecule has 0 amide bonds. The number of carboxylic acid groups (broad SMARTS) is 2. The molecule has 0 unspecified atom stereocenters. The van der Waals surface area contributed by atoms with Crippen LogP contribution in [0.5, 0.6) is 0 Å². The highest BCUT2D eigenvalue weighted by molar-refractivity contribution is 7.93. The number of hydrogen-bond acceptors (Lipinski definition) is 6. The first kappa shape index (κ1) is 24.7. The van der Waals surface area contributed by atoms with Crippen molar-refractivity contribution >= 4 is 54.1 Å². The second-order valence-electron chi connectivity index (χ2n) is 7.52. The van der Waals surface area contributed by atoms with Gasteiger partial charge < -0.3 is 10.2 Å². The van der Waals surface area contributed by atoms with E-state index in [1.807, 2.05) is 0 Å². The quantitative estimate of drug-likeness (QED) is 0.269. The third-order valence-corrected chi connectivity index (χ3v) is 8.07. The molecule has 4 aromatic carbocycles. The third-order valence-electron chi connectivity index (χ3n) is 5.22. The Hall–Kier alpha value is -4.42. The van der Waals surface area contributed by atoms with E-state index in [1.54, 1.807) is 0 Å². The summed E-state index contributed by atoms with van der Waals surface area (Å²) in [5.74, 6) is -2.65. The Balaban J connectivity index is 1.81. The summed E-state index contributed by atoms with van der Waals surface area (Å²) in [5.41, 5.74) is -0.827. The topological polar surface area (TPSA) is 167 Å². The molecule has 0 fully saturated rings. The molecule has 0 aliphatic rings. The first-order valence-corrected chi connectivity index (χ1v) is 13.2. The molecule has 36 heavy (non-hydrogen) atoms. The van der Waals surface area contributed by atoms with Crippen LogP contribution in [0.25, 0.3) is 10.8 Å². The van der Waals surface area contributed by atoms with E-state index in [0.717, 1.165) is 0 Å². The number of hydrogen-bond donors (Lipinski definition) is 4. The van der Waals surface area contributed by atoms with Crippen molar-refractivity contribution in [2.75, 3.05) is 9.44 Å². The SMILES string of the molecule is O=C(O)c1ccccc1NS(=O)(=O)c1cccc2c(S(=O)(=O)Nc3ccccc3C(=O)O)cccc12. The predicted octanol–water partition coefficient (Wildman–Crippen LogP) is 3.84. The molecule has 4 N–H and O–H groups in total. The summed E-state index contributed by atoms with van der Waals surface area (Å²) < 4.78 is 57.4. The molecule has 10 nitrogen and oxygen atoms in total. The molecule has 0 saturated carbocycles. The van der Waals surface area contributed by atoms with Gasteiger partial charge in [0.25, 0.3) is 20.0 Å². The fourth-order valence-corrected chi connectivity index (χ4v) is 6.24. The normalized spacial score (nSPS) is 11.7. The van der Waals surface area contributed by atoms with Crippen molar-refractivity contribution in [3.05, 3.63) is 96.1 Å². The van der Waals surface area contributed by atoms with Crippen molar-refractivity contribution < 1.29 is 36.6 Å². The van der Waals surface area contributed by atoms with Gasteiger partial charge in [-0.15, -0.1) is 0 Å². The molecule has 184 valence electrons. The van der Waals surface area contributed by atoms with Gasteiger partial charge in [-0.05, 0) is 36.4 Å². The molecule has 0 spiro atoms. The Morgan fingerprint density at radius 2 is 0.889 bits per heavy atom. The Morgan fingerprint density at radius 1 is 0.528 bits per heavy atom. The van der Waals surface area contributed by atoms with Crippen LogP contribution in [-0.4, -0.2) is 39.0 Å². The standard InChI is InChI=1S/C24H18N2O8S2/c27-23(28)17-7-1-3-11-19(17)25-35(31,32)21-13-5-10-16-15(21)9-6-14-22(16)36(33,34)26-20-12-4-2-8-18(20)24(29)30/h1-14,25-26H,(H,27,28)(H,29,30). The van der Waals surface area contributed by atoms with E-state index in [9.17, 15) is 36.6 Å². The highest BCUT2D eigenvalue weighted by Crippen LogP contribution is 2.31. The van der Waals surface area contributed by atoms with Gasteiger partial charge in [-0.25, -0.2) is 26.4 Å². The number of aromatic carboxylic acids is 2. The summed E-state index contributed by atoms with van der Waals surface area (Å²) in [6, 6.07) is 19.0. The average molecular weight is 527 g/mol. The number of sulfonamides is 2. The second-order valence-corrected chi connectivity index (χ2v) is 10.8. The molecular weight excluding hydrogens is 508 g/mol. The molecule has 0 aromatic heterocycles. The van der Waals surface area contributed by atoms with Crippen LogP contribution in [0.2, 0.25) is 0 Å². The van der Waals surface area contributed by atoms with Crippen LogP contribution in [0.3, 0.4) is 0 Å². The maximum Gasteiger partial charge on any atom is 0.337 e. The number of carbonyl (C=O) groups is 2. The van der Waals surface area contributed by atoms with E-state index in [4.69, 9.17) is 0 Å². The number of anilines is 2. The van der Waals surface area contributed by atoms with Crippen molar-refractivity contribution in [1.29, 1.82) is 0 Å². The van der Waals surface area contributed by atoms with Crippen LogP contribution in [-0.2, 0) is 20.0 Å². The fourth-order valence-electron chi connectivity index (χ4n) is 3.64. The van der Waals surface area contributed by atoms with Crippen molar-refractivity contribution in [1.82, 2.24) is 0 Å². The van der Waals surface area contributed by atoms with Gasteiger partial charge in [-0.1, -0.05) is 48.5 Å². The van der Waals surface area contributed by atoms with E-state index in [-0.39, 0.29) is 43.1 Å². The maximum absolute atomic E-state index is 13.2. The van der Waals surface area contributed by atoms with Gasteiger partial charge in [0.05, 0.1) is 32.3 Å². The summed E-state index contributed by atoms with van der Waals surface area (Å²) in [6.45, 7) is 0. The molecule has 0 bridgehead atoms. The maximum atomic E-state index is 13.2. The lowest BCUT2D eigenvalue weighted by molar-refractivity contribution is 0.0687. The summed E-state index contributed by atoms with van der Waals surface area (Å²) >= 11 is 0. The van der Waals surface area contributed by atoms with Crippen LogP contribution in [0.1, 0.15) is 20.7 Å². The van der Waals surface area contributed by atoms with Crippen LogP contribution in [0.15, 0.2) is 94.7 Å². The minimum Gasteiger partial charge on any atom is -0.478 e. The molecule has 0 saturated heterocycles.